The van der Waals surface area contributed by atoms with E-state index in [1.807, 2.05) is 0 Å². The van der Waals surface area contributed by atoms with Crippen LogP contribution in [0.4, 0.5) is 5.69 Å². The average molecular weight is 274 g/mol. The van der Waals surface area contributed by atoms with Crippen molar-refractivity contribution in [3.05, 3.63) is 24.3 Å². The van der Waals surface area contributed by atoms with E-state index in [0.717, 1.165) is 25.3 Å². The Morgan fingerprint density at radius 1 is 1.20 bits per heavy atom. The number of fused-ring (bicyclic) bond motifs is 1. The highest BCUT2D eigenvalue weighted by Crippen LogP contribution is 2.52. The third-order valence-corrected chi connectivity index (χ3v) is 5.45. The van der Waals surface area contributed by atoms with Gasteiger partial charge in [0.2, 0.25) is 0 Å². The predicted octanol–water partition coefficient (Wildman–Crippen LogP) is 3.18. The van der Waals surface area contributed by atoms with E-state index >= 15 is 0 Å². The number of benzene rings is 1. The first-order chi connectivity index (χ1) is 9.61. The van der Waals surface area contributed by atoms with Gasteiger partial charge in [-0.05, 0) is 36.8 Å². The van der Waals surface area contributed by atoms with Gasteiger partial charge in [0.15, 0.2) is 0 Å². The third kappa shape index (κ3) is 1.91. The van der Waals surface area contributed by atoms with Gasteiger partial charge in [-0.15, -0.1) is 0 Å². The maximum absolute atomic E-state index is 6.30. The van der Waals surface area contributed by atoms with Crippen LogP contribution in [0.25, 0.3) is 0 Å². The van der Waals surface area contributed by atoms with Crippen LogP contribution in [-0.2, 0) is 0 Å². The second-order valence-corrected chi connectivity index (χ2v) is 6.79. The molecule has 1 unspecified atom stereocenters. The smallest absolute Gasteiger partial charge is 0.142 e. The quantitative estimate of drug-likeness (QED) is 0.900. The fraction of sp³-hybridized carbons (Fsp3) is 0.647. The minimum Gasteiger partial charge on any atom is -0.491 e. The summed E-state index contributed by atoms with van der Waals surface area (Å²) in [7, 11) is 0. The monoisotopic (exact) mass is 274 g/mol. The molecule has 20 heavy (non-hydrogen) atoms. The zero-order valence-electron chi connectivity index (χ0n) is 12.7. The number of rotatable bonds is 2. The summed E-state index contributed by atoms with van der Waals surface area (Å²) in [6.07, 6.45) is 4.77. The Hall–Kier alpha value is -1.22. The summed E-state index contributed by atoms with van der Waals surface area (Å²) in [6.45, 7) is 7.31. The first-order valence-corrected chi connectivity index (χ1v) is 7.80. The van der Waals surface area contributed by atoms with E-state index in [9.17, 15) is 0 Å². The molecule has 0 saturated heterocycles. The molecule has 1 aromatic rings. The molecule has 0 radical (unpaired) electrons. The van der Waals surface area contributed by atoms with Gasteiger partial charge in [-0.25, -0.2) is 0 Å². The van der Waals surface area contributed by atoms with Crippen LogP contribution >= 0.6 is 0 Å². The van der Waals surface area contributed by atoms with E-state index in [-0.39, 0.29) is 11.0 Å². The van der Waals surface area contributed by atoms with Crippen LogP contribution < -0.4 is 15.4 Å². The van der Waals surface area contributed by atoms with Crippen molar-refractivity contribution in [2.24, 2.45) is 11.1 Å². The zero-order valence-corrected chi connectivity index (χ0v) is 12.7. The van der Waals surface area contributed by atoms with E-state index in [4.69, 9.17) is 10.5 Å². The first kappa shape index (κ1) is 13.7. The molecule has 0 spiro atoms. The highest BCUT2D eigenvalue weighted by atomic mass is 16.5. The molecule has 1 aliphatic heterocycles. The van der Waals surface area contributed by atoms with Crippen molar-refractivity contribution in [3.8, 4) is 5.75 Å². The Bertz CT molecular complexity index is 486. The second kappa shape index (κ2) is 4.96. The summed E-state index contributed by atoms with van der Waals surface area (Å²) in [6, 6.07) is 8.43. The van der Waals surface area contributed by atoms with Crippen molar-refractivity contribution >= 4 is 5.69 Å². The molecule has 3 heteroatoms. The maximum atomic E-state index is 6.30. The SMILES string of the molecule is CC1(C)CCCC1(CN)N1CCCOc2ccccc21. The summed E-state index contributed by atoms with van der Waals surface area (Å²) in [5.41, 5.74) is 7.84. The van der Waals surface area contributed by atoms with Gasteiger partial charge in [0.1, 0.15) is 5.75 Å². The molecule has 3 rings (SSSR count). The number of hydrogen-bond acceptors (Lipinski definition) is 3. The van der Waals surface area contributed by atoms with Crippen LogP contribution in [-0.4, -0.2) is 25.2 Å². The molecule has 2 aliphatic rings. The van der Waals surface area contributed by atoms with Gasteiger partial charge in [0.25, 0.3) is 0 Å². The van der Waals surface area contributed by atoms with Gasteiger partial charge >= 0.3 is 0 Å². The third-order valence-electron chi connectivity index (χ3n) is 5.45. The second-order valence-electron chi connectivity index (χ2n) is 6.79. The van der Waals surface area contributed by atoms with Gasteiger partial charge < -0.3 is 15.4 Å². The largest absolute Gasteiger partial charge is 0.491 e. The van der Waals surface area contributed by atoms with Gasteiger partial charge in [-0.1, -0.05) is 32.4 Å². The van der Waals surface area contributed by atoms with Crippen LogP contribution in [0.5, 0.6) is 5.75 Å². The molecule has 0 bridgehead atoms. The Morgan fingerprint density at radius 3 is 2.70 bits per heavy atom. The number of hydrogen-bond donors (Lipinski definition) is 1. The Morgan fingerprint density at radius 2 is 2.00 bits per heavy atom. The van der Waals surface area contributed by atoms with Crippen molar-refractivity contribution in [2.45, 2.75) is 45.1 Å². The number of ether oxygens (including phenoxy) is 1. The van der Waals surface area contributed by atoms with Gasteiger partial charge in [0.05, 0.1) is 17.8 Å². The number of nitrogens with zero attached hydrogens (tertiary/aromatic N) is 1. The molecule has 0 aromatic heterocycles. The molecule has 1 atom stereocenters. The minimum atomic E-state index is 0.0663. The molecular weight excluding hydrogens is 248 g/mol. The van der Waals surface area contributed by atoms with Gasteiger partial charge in [0, 0.05) is 13.1 Å². The summed E-state index contributed by atoms with van der Waals surface area (Å²) in [5, 5.41) is 0. The summed E-state index contributed by atoms with van der Waals surface area (Å²) < 4.78 is 5.91. The fourth-order valence-electron chi connectivity index (χ4n) is 4.15. The van der Waals surface area contributed by atoms with E-state index < -0.39 is 0 Å². The van der Waals surface area contributed by atoms with E-state index in [0.29, 0.717) is 6.54 Å². The number of para-hydroxylation sites is 2. The molecule has 1 heterocycles. The predicted molar refractivity (Wildman–Crippen MR) is 83.3 cm³/mol. The van der Waals surface area contributed by atoms with E-state index in [1.54, 1.807) is 0 Å². The molecule has 1 fully saturated rings. The Balaban J connectivity index is 2.08. The van der Waals surface area contributed by atoms with Crippen molar-refractivity contribution in [1.82, 2.24) is 0 Å². The Labute approximate surface area is 122 Å². The van der Waals surface area contributed by atoms with Crippen molar-refractivity contribution in [3.63, 3.8) is 0 Å². The normalized spacial score (nSPS) is 28.6. The van der Waals surface area contributed by atoms with Crippen molar-refractivity contribution in [1.29, 1.82) is 0 Å². The molecule has 0 amide bonds. The molecule has 1 saturated carbocycles. The summed E-state index contributed by atoms with van der Waals surface area (Å²) >= 11 is 0. The lowest BCUT2D eigenvalue weighted by Gasteiger charge is -2.50. The van der Waals surface area contributed by atoms with Crippen LogP contribution in [0.15, 0.2) is 24.3 Å². The molecular formula is C17H26N2O. The fourth-order valence-corrected chi connectivity index (χ4v) is 4.15. The van der Waals surface area contributed by atoms with Crippen LogP contribution in [0, 0.1) is 5.41 Å². The van der Waals surface area contributed by atoms with Gasteiger partial charge in [-0.3, -0.25) is 0 Å². The lowest BCUT2D eigenvalue weighted by molar-refractivity contribution is 0.199. The van der Waals surface area contributed by atoms with Crippen LogP contribution in [0.1, 0.15) is 39.5 Å². The Kier molecular flexibility index (Phi) is 3.41. The highest BCUT2D eigenvalue weighted by Gasteiger charge is 2.52. The van der Waals surface area contributed by atoms with Crippen molar-refractivity contribution in [2.75, 3.05) is 24.6 Å². The zero-order chi connectivity index (χ0) is 14.2. The minimum absolute atomic E-state index is 0.0663. The number of nitrogens with two attached hydrogens (primary N) is 1. The molecule has 2 N–H and O–H groups in total. The number of anilines is 1. The molecule has 1 aliphatic carbocycles. The molecule has 1 aromatic carbocycles. The van der Waals surface area contributed by atoms with Crippen LogP contribution in [0.2, 0.25) is 0 Å². The summed E-state index contributed by atoms with van der Waals surface area (Å²) in [5.74, 6) is 1.01. The van der Waals surface area contributed by atoms with Crippen molar-refractivity contribution < 1.29 is 4.74 Å². The standard InChI is InChI=1S/C17H26N2O/c1-16(2)9-5-10-17(16,13-18)19-11-6-12-20-15-8-4-3-7-14(15)19/h3-4,7-8H,5-6,9-13,18H2,1-2H3. The van der Waals surface area contributed by atoms with E-state index in [1.165, 1.54) is 24.9 Å². The molecule has 110 valence electrons. The first-order valence-electron chi connectivity index (χ1n) is 7.80. The highest BCUT2D eigenvalue weighted by molar-refractivity contribution is 5.61. The summed E-state index contributed by atoms with van der Waals surface area (Å²) in [4.78, 5) is 2.56. The van der Waals surface area contributed by atoms with E-state index in [2.05, 4.69) is 43.0 Å². The topological polar surface area (TPSA) is 38.5 Å². The lowest BCUT2D eigenvalue weighted by Crippen LogP contribution is -2.60. The average Bonchev–Trinajstić information content (AvgIpc) is 2.63. The van der Waals surface area contributed by atoms with Crippen LogP contribution in [0.3, 0.4) is 0 Å². The van der Waals surface area contributed by atoms with Gasteiger partial charge in [-0.2, -0.15) is 0 Å². The maximum Gasteiger partial charge on any atom is 0.142 e. The lowest BCUT2D eigenvalue weighted by atomic mass is 9.73. The molecule has 3 nitrogen and oxygen atoms in total.